The van der Waals surface area contributed by atoms with E-state index >= 15 is 0 Å². The molecular weight excluding hydrogens is 317 g/mol. The summed E-state index contributed by atoms with van der Waals surface area (Å²) in [6.07, 6.45) is 5.51. The molecule has 0 saturated carbocycles. The lowest BCUT2D eigenvalue weighted by Gasteiger charge is -2.27. The number of rotatable bonds is 5. The van der Waals surface area contributed by atoms with Crippen molar-refractivity contribution in [3.05, 3.63) is 53.9 Å². The van der Waals surface area contributed by atoms with Gasteiger partial charge in [-0.05, 0) is 30.0 Å². The minimum Gasteiger partial charge on any atom is -0.335 e. The molecule has 0 fully saturated rings. The molecule has 1 aromatic heterocycles. The zero-order chi connectivity index (χ0) is 16.4. The summed E-state index contributed by atoms with van der Waals surface area (Å²) in [7, 11) is -1.86. The Morgan fingerprint density at radius 1 is 1.43 bits per heavy atom. The summed E-state index contributed by atoms with van der Waals surface area (Å²) < 4.78 is 41.6. The molecule has 1 atom stereocenters. The highest BCUT2D eigenvalue weighted by molar-refractivity contribution is 7.88. The molecule has 0 aliphatic carbocycles. The highest BCUT2D eigenvalue weighted by Crippen LogP contribution is 2.21. The lowest BCUT2D eigenvalue weighted by atomic mass is 10.00. The van der Waals surface area contributed by atoms with Crippen LogP contribution in [-0.2, 0) is 28.7 Å². The Kier molecular flexibility index (Phi) is 4.50. The van der Waals surface area contributed by atoms with Gasteiger partial charge in [0.25, 0.3) is 0 Å². The number of fused-ring (bicyclic) bond motifs is 1. The maximum Gasteiger partial charge on any atom is 0.218 e. The molecule has 1 aromatic carbocycles. The molecule has 7 heteroatoms. The van der Waals surface area contributed by atoms with E-state index in [4.69, 9.17) is 0 Å². The van der Waals surface area contributed by atoms with Crippen LogP contribution in [0.1, 0.15) is 17.8 Å². The maximum atomic E-state index is 13.2. The molecule has 0 N–H and O–H groups in total. The Balaban J connectivity index is 1.64. The minimum absolute atomic E-state index is 0.176. The van der Waals surface area contributed by atoms with Crippen LogP contribution < -0.4 is 0 Å². The number of sulfonamides is 1. The van der Waals surface area contributed by atoms with Crippen LogP contribution in [0.5, 0.6) is 0 Å². The van der Waals surface area contributed by atoms with E-state index in [9.17, 15) is 12.8 Å². The molecule has 1 aliphatic heterocycles. The van der Waals surface area contributed by atoms with E-state index in [1.165, 1.54) is 22.5 Å². The van der Waals surface area contributed by atoms with Gasteiger partial charge in [-0.15, -0.1) is 0 Å². The second-order valence-corrected chi connectivity index (χ2v) is 8.14. The van der Waals surface area contributed by atoms with Gasteiger partial charge in [-0.1, -0.05) is 12.1 Å². The number of imidazole rings is 1. The van der Waals surface area contributed by atoms with Crippen LogP contribution in [-0.4, -0.2) is 35.9 Å². The summed E-state index contributed by atoms with van der Waals surface area (Å²) in [6.45, 7) is 1.25. The smallest absolute Gasteiger partial charge is 0.218 e. The van der Waals surface area contributed by atoms with Gasteiger partial charge in [-0.25, -0.2) is 22.1 Å². The molecule has 2 heterocycles. The van der Waals surface area contributed by atoms with E-state index in [-0.39, 0.29) is 11.7 Å². The normalized spacial score (nSPS) is 18.1. The summed E-state index contributed by atoms with van der Waals surface area (Å²) in [4.78, 5) is 4.28. The van der Waals surface area contributed by atoms with Crippen LogP contribution in [0, 0.1) is 11.7 Å². The van der Waals surface area contributed by atoms with Crippen molar-refractivity contribution in [3.8, 4) is 0 Å². The molecule has 23 heavy (non-hydrogen) atoms. The quantitative estimate of drug-likeness (QED) is 0.839. The summed E-state index contributed by atoms with van der Waals surface area (Å²) in [5, 5.41) is 0. The lowest BCUT2D eigenvalue weighted by Crippen LogP contribution is -2.36. The Hall–Kier alpha value is -1.73. The first-order chi connectivity index (χ1) is 10.9. The van der Waals surface area contributed by atoms with Crippen LogP contribution >= 0.6 is 0 Å². The second kappa shape index (κ2) is 6.41. The summed E-state index contributed by atoms with van der Waals surface area (Å²) in [6, 6.07) is 5.74. The molecule has 0 bridgehead atoms. The van der Waals surface area contributed by atoms with Gasteiger partial charge < -0.3 is 4.57 Å². The molecule has 5 nitrogen and oxygen atoms in total. The van der Waals surface area contributed by atoms with Crippen molar-refractivity contribution in [1.29, 1.82) is 0 Å². The van der Waals surface area contributed by atoms with Gasteiger partial charge in [0.15, 0.2) is 0 Å². The molecular formula is C16H20FN3O2S. The zero-order valence-electron chi connectivity index (χ0n) is 13.0. The second-order valence-electron chi connectivity index (χ2n) is 6.07. The Morgan fingerprint density at radius 3 is 3.04 bits per heavy atom. The monoisotopic (exact) mass is 337 g/mol. The van der Waals surface area contributed by atoms with Gasteiger partial charge in [-0.2, -0.15) is 0 Å². The van der Waals surface area contributed by atoms with Crippen LogP contribution in [0.25, 0.3) is 0 Å². The predicted molar refractivity (Wildman–Crippen MR) is 85.7 cm³/mol. The topological polar surface area (TPSA) is 55.2 Å². The third-order valence-corrected chi connectivity index (χ3v) is 6.06. The van der Waals surface area contributed by atoms with Gasteiger partial charge in [0, 0.05) is 39.0 Å². The fraction of sp³-hybridized carbons (Fsp3) is 0.438. The van der Waals surface area contributed by atoms with Crippen molar-refractivity contribution in [2.24, 2.45) is 5.92 Å². The Morgan fingerprint density at radius 2 is 2.26 bits per heavy atom. The first-order valence-corrected chi connectivity index (χ1v) is 9.23. The van der Waals surface area contributed by atoms with Gasteiger partial charge in [0.1, 0.15) is 11.6 Å². The van der Waals surface area contributed by atoms with Crippen LogP contribution in [0.15, 0.2) is 36.7 Å². The van der Waals surface area contributed by atoms with E-state index in [1.807, 2.05) is 6.20 Å². The van der Waals surface area contributed by atoms with Gasteiger partial charge in [-0.3, -0.25) is 0 Å². The molecule has 1 aliphatic rings. The largest absolute Gasteiger partial charge is 0.335 e. The molecule has 0 spiro atoms. The van der Waals surface area contributed by atoms with Crippen molar-refractivity contribution in [2.75, 3.05) is 13.6 Å². The number of aryl methyl sites for hydroxylation is 1. The average Bonchev–Trinajstić information content (AvgIpc) is 2.94. The summed E-state index contributed by atoms with van der Waals surface area (Å²) >= 11 is 0. The van der Waals surface area contributed by atoms with Gasteiger partial charge in [0.2, 0.25) is 10.0 Å². The number of benzene rings is 1. The fourth-order valence-electron chi connectivity index (χ4n) is 3.01. The van der Waals surface area contributed by atoms with Gasteiger partial charge >= 0.3 is 0 Å². The lowest BCUT2D eigenvalue weighted by molar-refractivity contribution is 0.303. The van der Waals surface area contributed by atoms with Gasteiger partial charge in [0.05, 0.1) is 5.75 Å². The Labute approximate surface area is 135 Å². The SMILES string of the molecule is CN(CC1CCc2nccn2C1)S(=O)(=O)Cc1cccc(F)c1. The average molecular weight is 337 g/mol. The number of hydrogen-bond donors (Lipinski definition) is 0. The summed E-state index contributed by atoms with van der Waals surface area (Å²) in [5.74, 6) is 0.736. The molecule has 2 aromatic rings. The van der Waals surface area contributed by atoms with Crippen molar-refractivity contribution in [3.63, 3.8) is 0 Å². The standard InChI is InChI=1S/C16H20FN3O2S/c1-19(10-14-5-6-16-18-7-8-20(16)11-14)23(21,22)12-13-3-2-4-15(17)9-13/h2-4,7-9,14H,5-6,10-12H2,1H3. The van der Waals surface area contributed by atoms with Crippen molar-refractivity contribution in [2.45, 2.75) is 25.1 Å². The van der Waals surface area contributed by atoms with Crippen molar-refractivity contribution in [1.82, 2.24) is 13.9 Å². The highest BCUT2D eigenvalue weighted by atomic mass is 32.2. The zero-order valence-corrected chi connectivity index (χ0v) is 13.8. The van der Waals surface area contributed by atoms with E-state index in [2.05, 4.69) is 9.55 Å². The number of halogens is 1. The predicted octanol–water partition coefficient (Wildman–Crippen LogP) is 2.05. The van der Waals surface area contributed by atoms with Crippen molar-refractivity contribution >= 4 is 10.0 Å². The molecule has 1 unspecified atom stereocenters. The van der Waals surface area contributed by atoms with E-state index in [0.717, 1.165) is 25.2 Å². The maximum absolute atomic E-state index is 13.2. The third-order valence-electron chi connectivity index (χ3n) is 4.26. The van der Waals surface area contributed by atoms with E-state index in [1.54, 1.807) is 19.3 Å². The molecule has 0 radical (unpaired) electrons. The summed E-state index contributed by atoms with van der Waals surface area (Å²) in [5.41, 5.74) is 0.470. The van der Waals surface area contributed by atoms with E-state index in [0.29, 0.717) is 12.1 Å². The molecule has 3 rings (SSSR count). The van der Waals surface area contributed by atoms with E-state index < -0.39 is 15.8 Å². The Bertz CT molecular complexity index is 788. The highest BCUT2D eigenvalue weighted by Gasteiger charge is 2.25. The number of nitrogens with zero attached hydrogens (tertiary/aromatic N) is 3. The van der Waals surface area contributed by atoms with Crippen LogP contribution in [0.2, 0.25) is 0 Å². The molecule has 124 valence electrons. The third kappa shape index (κ3) is 3.79. The van der Waals surface area contributed by atoms with Crippen LogP contribution in [0.4, 0.5) is 4.39 Å². The first kappa shape index (κ1) is 16.1. The van der Waals surface area contributed by atoms with Crippen molar-refractivity contribution < 1.29 is 12.8 Å². The molecule has 0 amide bonds. The molecule has 0 saturated heterocycles. The number of hydrogen-bond acceptors (Lipinski definition) is 3. The minimum atomic E-state index is -3.45. The number of aromatic nitrogens is 2. The first-order valence-electron chi connectivity index (χ1n) is 7.62. The van der Waals surface area contributed by atoms with Crippen LogP contribution in [0.3, 0.4) is 0 Å². The fourth-order valence-corrected chi connectivity index (χ4v) is 4.27.